The van der Waals surface area contributed by atoms with Crippen molar-refractivity contribution in [2.24, 2.45) is 19.8 Å². The Bertz CT molecular complexity index is 456. The van der Waals surface area contributed by atoms with Gasteiger partial charge in [0.05, 0.1) is 18.2 Å². The quantitative estimate of drug-likeness (QED) is 0.826. The van der Waals surface area contributed by atoms with Gasteiger partial charge in [-0.25, -0.2) is 4.98 Å². The lowest BCUT2D eigenvalue weighted by molar-refractivity contribution is 0.635. The van der Waals surface area contributed by atoms with Gasteiger partial charge in [0.15, 0.2) is 0 Å². The lowest BCUT2D eigenvalue weighted by atomic mass is 10.1. The summed E-state index contributed by atoms with van der Waals surface area (Å²) in [6.07, 6.45) is 9.47. The fourth-order valence-electron chi connectivity index (χ4n) is 1.70. The highest BCUT2D eigenvalue weighted by Crippen LogP contribution is 2.14. The minimum absolute atomic E-state index is 0.00130. The lowest BCUT2D eigenvalue weighted by Gasteiger charge is -2.06. The fraction of sp³-hybridized carbons (Fsp3) is 0.455. The first-order valence-electron chi connectivity index (χ1n) is 5.36. The van der Waals surface area contributed by atoms with E-state index in [2.05, 4.69) is 10.1 Å². The molecule has 0 saturated carbocycles. The van der Waals surface area contributed by atoms with E-state index in [9.17, 15) is 0 Å². The van der Waals surface area contributed by atoms with Crippen molar-refractivity contribution in [2.45, 2.75) is 18.9 Å². The molecule has 0 aliphatic carbocycles. The van der Waals surface area contributed by atoms with E-state index in [1.165, 1.54) is 5.56 Å². The summed E-state index contributed by atoms with van der Waals surface area (Å²) in [4.78, 5) is 4.25. The number of aryl methyl sites for hydroxylation is 3. The third kappa shape index (κ3) is 2.49. The zero-order valence-electron chi connectivity index (χ0n) is 9.67. The van der Waals surface area contributed by atoms with Crippen LogP contribution in [0.25, 0.3) is 0 Å². The topological polar surface area (TPSA) is 61.7 Å². The van der Waals surface area contributed by atoms with Gasteiger partial charge in [-0.3, -0.25) is 4.68 Å². The van der Waals surface area contributed by atoms with E-state index in [4.69, 9.17) is 5.73 Å². The highest BCUT2D eigenvalue weighted by atomic mass is 15.2. The number of aromatic nitrogens is 4. The van der Waals surface area contributed by atoms with Crippen molar-refractivity contribution in [2.75, 3.05) is 0 Å². The third-order valence-corrected chi connectivity index (χ3v) is 2.61. The van der Waals surface area contributed by atoms with Gasteiger partial charge in [-0.15, -0.1) is 0 Å². The van der Waals surface area contributed by atoms with Gasteiger partial charge in [0, 0.05) is 32.5 Å². The van der Waals surface area contributed by atoms with Crippen molar-refractivity contribution in [3.63, 3.8) is 0 Å². The molecular weight excluding hydrogens is 202 g/mol. The third-order valence-electron chi connectivity index (χ3n) is 2.61. The first kappa shape index (κ1) is 10.9. The Kier molecular flexibility index (Phi) is 3.05. The SMILES string of the molecule is Cn1cnc(C(N)CCc2cnn(C)c2)c1. The molecule has 5 nitrogen and oxygen atoms in total. The molecule has 0 spiro atoms. The molecule has 0 aliphatic heterocycles. The van der Waals surface area contributed by atoms with E-state index < -0.39 is 0 Å². The molecule has 0 fully saturated rings. The van der Waals surface area contributed by atoms with Gasteiger partial charge in [-0.05, 0) is 18.4 Å². The fourth-order valence-corrected chi connectivity index (χ4v) is 1.70. The van der Waals surface area contributed by atoms with Crippen LogP contribution in [0.2, 0.25) is 0 Å². The number of hydrogen-bond acceptors (Lipinski definition) is 3. The lowest BCUT2D eigenvalue weighted by Crippen LogP contribution is -2.11. The summed E-state index contributed by atoms with van der Waals surface area (Å²) >= 11 is 0. The molecule has 86 valence electrons. The largest absolute Gasteiger partial charge is 0.340 e. The molecule has 0 amide bonds. The Balaban J connectivity index is 1.91. The second kappa shape index (κ2) is 4.49. The maximum absolute atomic E-state index is 6.06. The normalized spacial score (nSPS) is 12.9. The molecule has 2 N–H and O–H groups in total. The van der Waals surface area contributed by atoms with Crippen molar-refractivity contribution in [3.05, 3.63) is 36.2 Å². The van der Waals surface area contributed by atoms with Gasteiger partial charge in [-0.1, -0.05) is 0 Å². The standard InChI is InChI=1S/C11H17N5/c1-15-7-11(13-8-15)10(12)4-3-9-5-14-16(2)6-9/h5-8,10H,3-4,12H2,1-2H3. The molecule has 0 saturated heterocycles. The molecule has 1 unspecified atom stereocenters. The maximum atomic E-state index is 6.06. The highest BCUT2D eigenvalue weighted by Gasteiger charge is 2.09. The summed E-state index contributed by atoms with van der Waals surface area (Å²) in [5.41, 5.74) is 8.23. The van der Waals surface area contributed by atoms with Crippen LogP contribution in [-0.4, -0.2) is 19.3 Å². The number of nitrogens with two attached hydrogens (primary N) is 1. The van der Waals surface area contributed by atoms with Gasteiger partial charge in [-0.2, -0.15) is 5.10 Å². The van der Waals surface area contributed by atoms with Crippen LogP contribution in [0.3, 0.4) is 0 Å². The zero-order chi connectivity index (χ0) is 11.5. The second-order valence-electron chi connectivity index (χ2n) is 4.13. The number of imidazole rings is 1. The van der Waals surface area contributed by atoms with E-state index in [1.54, 1.807) is 6.33 Å². The van der Waals surface area contributed by atoms with Gasteiger partial charge < -0.3 is 10.3 Å². The molecule has 0 radical (unpaired) electrons. The molecule has 0 bridgehead atoms. The van der Waals surface area contributed by atoms with Crippen molar-refractivity contribution in [1.82, 2.24) is 19.3 Å². The summed E-state index contributed by atoms with van der Waals surface area (Å²) in [7, 11) is 3.87. The second-order valence-corrected chi connectivity index (χ2v) is 4.13. The van der Waals surface area contributed by atoms with Crippen LogP contribution < -0.4 is 5.73 Å². The molecular formula is C11H17N5. The number of hydrogen-bond donors (Lipinski definition) is 1. The van der Waals surface area contributed by atoms with E-state index in [1.807, 2.05) is 41.9 Å². The van der Waals surface area contributed by atoms with Gasteiger partial charge in [0.1, 0.15) is 0 Å². The predicted molar refractivity (Wildman–Crippen MR) is 61.7 cm³/mol. The summed E-state index contributed by atoms with van der Waals surface area (Å²) in [5, 5.41) is 4.13. The molecule has 0 aromatic carbocycles. The Morgan fingerprint density at radius 1 is 1.38 bits per heavy atom. The van der Waals surface area contributed by atoms with Crippen LogP contribution >= 0.6 is 0 Å². The summed E-state index contributed by atoms with van der Waals surface area (Å²) in [6.45, 7) is 0. The Morgan fingerprint density at radius 3 is 2.75 bits per heavy atom. The van der Waals surface area contributed by atoms with Crippen LogP contribution in [0.5, 0.6) is 0 Å². The minimum atomic E-state index is 0.00130. The van der Waals surface area contributed by atoms with Crippen molar-refractivity contribution in [1.29, 1.82) is 0 Å². The molecule has 5 heteroatoms. The average Bonchev–Trinajstić information content (AvgIpc) is 2.84. The predicted octanol–water partition coefficient (Wildman–Crippen LogP) is 0.786. The van der Waals surface area contributed by atoms with E-state index >= 15 is 0 Å². The summed E-state index contributed by atoms with van der Waals surface area (Å²) in [5.74, 6) is 0. The van der Waals surface area contributed by atoms with E-state index in [0.29, 0.717) is 0 Å². The van der Waals surface area contributed by atoms with Crippen LogP contribution in [0.4, 0.5) is 0 Å². The number of nitrogens with zero attached hydrogens (tertiary/aromatic N) is 4. The molecule has 2 aromatic rings. The Labute approximate surface area is 94.9 Å². The smallest absolute Gasteiger partial charge is 0.0947 e. The highest BCUT2D eigenvalue weighted by molar-refractivity contribution is 5.07. The molecule has 2 heterocycles. The van der Waals surface area contributed by atoms with Crippen LogP contribution in [0.1, 0.15) is 23.7 Å². The number of rotatable bonds is 4. The molecule has 16 heavy (non-hydrogen) atoms. The summed E-state index contributed by atoms with van der Waals surface area (Å²) < 4.78 is 3.72. The molecule has 2 rings (SSSR count). The first-order chi connectivity index (χ1) is 7.65. The maximum Gasteiger partial charge on any atom is 0.0947 e. The molecule has 2 aromatic heterocycles. The van der Waals surface area contributed by atoms with Gasteiger partial charge in [0.25, 0.3) is 0 Å². The summed E-state index contributed by atoms with van der Waals surface area (Å²) in [6, 6.07) is 0.00130. The minimum Gasteiger partial charge on any atom is -0.340 e. The Morgan fingerprint density at radius 2 is 2.19 bits per heavy atom. The Hall–Kier alpha value is -1.62. The molecule has 0 aliphatic rings. The zero-order valence-corrected chi connectivity index (χ0v) is 9.67. The average molecular weight is 219 g/mol. The van der Waals surface area contributed by atoms with Gasteiger partial charge in [0.2, 0.25) is 0 Å². The van der Waals surface area contributed by atoms with Gasteiger partial charge >= 0.3 is 0 Å². The van der Waals surface area contributed by atoms with E-state index in [0.717, 1.165) is 18.5 Å². The first-order valence-corrected chi connectivity index (χ1v) is 5.36. The van der Waals surface area contributed by atoms with Crippen molar-refractivity contribution < 1.29 is 0 Å². The van der Waals surface area contributed by atoms with E-state index in [-0.39, 0.29) is 6.04 Å². The van der Waals surface area contributed by atoms with Crippen LogP contribution in [0, 0.1) is 0 Å². The van der Waals surface area contributed by atoms with Crippen LogP contribution in [0.15, 0.2) is 24.9 Å². The molecule has 1 atom stereocenters. The van der Waals surface area contributed by atoms with Crippen LogP contribution in [-0.2, 0) is 20.5 Å². The monoisotopic (exact) mass is 219 g/mol. The van der Waals surface area contributed by atoms with Crippen molar-refractivity contribution in [3.8, 4) is 0 Å². The van der Waals surface area contributed by atoms with Crippen molar-refractivity contribution >= 4 is 0 Å².